The van der Waals surface area contributed by atoms with Gasteiger partial charge in [-0.3, -0.25) is 4.68 Å². The topological polar surface area (TPSA) is 56.7 Å². The highest BCUT2D eigenvalue weighted by Crippen LogP contribution is 2.25. The molecule has 0 aliphatic rings. The second kappa shape index (κ2) is 5.10. The van der Waals surface area contributed by atoms with Crippen LogP contribution in [0.5, 0.6) is 0 Å². The fourth-order valence-electron chi connectivity index (χ4n) is 1.97. The minimum atomic E-state index is 0.590. The number of aromatic nitrogens is 3. The lowest BCUT2D eigenvalue weighted by Crippen LogP contribution is -2.04. The quantitative estimate of drug-likeness (QED) is 0.948. The van der Waals surface area contributed by atoms with E-state index in [9.17, 15) is 0 Å². The van der Waals surface area contributed by atoms with Gasteiger partial charge in [0, 0.05) is 25.2 Å². The molecule has 0 bridgehead atoms. The molecule has 2 rings (SSSR count). The van der Waals surface area contributed by atoms with E-state index in [2.05, 4.69) is 39.0 Å². The predicted octanol–water partition coefficient (Wildman–Crippen LogP) is 2.62. The Kier molecular flexibility index (Phi) is 3.71. The summed E-state index contributed by atoms with van der Waals surface area (Å²) in [4.78, 5) is 4.19. The number of aryl methyl sites for hydroxylation is 3. The normalized spacial score (nSPS) is 10.9. The molecule has 0 saturated carbocycles. The van der Waals surface area contributed by atoms with Crippen molar-refractivity contribution in [3.05, 3.63) is 39.3 Å². The fraction of sp³-hybridized carbons (Fsp3) is 0.385. The van der Waals surface area contributed by atoms with Crippen LogP contribution < -0.4 is 5.73 Å². The summed E-state index contributed by atoms with van der Waals surface area (Å²) in [5.74, 6) is 0.590. The van der Waals surface area contributed by atoms with E-state index in [-0.39, 0.29) is 0 Å². The molecule has 0 unspecified atom stereocenters. The van der Waals surface area contributed by atoms with Crippen molar-refractivity contribution in [2.24, 2.45) is 7.05 Å². The molecule has 0 spiro atoms. The van der Waals surface area contributed by atoms with Gasteiger partial charge in [-0.2, -0.15) is 5.10 Å². The van der Waals surface area contributed by atoms with Crippen LogP contribution in [-0.2, 0) is 19.9 Å². The predicted molar refractivity (Wildman–Crippen MR) is 76.5 cm³/mol. The van der Waals surface area contributed by atoms with Crippen molar-refractivity contribution in [1.82, 2.24) is 14.8 Å². The minimum absolute atomic E-state index is 0.590. The largest absolute Gasteiger partial charge is 0.383 e. The molecule has 2 heterocycles. The first kappa shape index (κ1) is 13.1. The van der Waals surface area contributed by atoms with E-state index < -0.39 is 0 Å². The van der Waals surface area contributed by atoms with Gasteiger partial charge in [0.1, 0.15) is 5.82 Å². The van der Waals surface area contributed by atoms with E-state index in [0.29, 0.717) is 5.82 Å². The smallest absolute Gasteiger partial charge is 0.126 e. The fourth-order valence-corrected chi connectivity index (χ4v) is 2.73. The minimum Gasteiger partial charge on any atom is -0.383 e. The summed E-state index contributed by atoms with van der Waals surface area (Å²) >= 11 is 3.62. The number of rotatable bonds is 3. The maximum atomic E-state index is 5.92. The van der Waals surface area contributed by atoms with Crippen LogP contribution in [0.25, 0.3) is 0 Å². The van der Waals surface area contributed by atoms with Crippen molar-refractivity contribution < 1.29 is 0 Å². The van der Waals surface area contributed by atoms with Gasteiger partial charge in [0.2, 0.25) is 0 Å². The van der Waals surface area contributed by atoms with Crippen molar-refractivity contribution in [2.45, 2.75) is 26.7 Å². The van der Waals surface area contributed by atoms with E-state index in [1.165, 1.54) is 0 Å². The van der Waals surface area contributed by atoms with Crippen molar-refractivity contribution in [3.8, 4) is 0 Å². The second-order valence-electron chi connectivity index (χ2n) is 4.42. The van der Waals surface area contributed by atoms with Crippen LogP contribution >= 0.6 is 15.9 Å². The van der Waals surface area contributed by atoms with Gasteiger partial charge in [0.15, 0.2) is 0 Å². The number of nitrogens with zero attached hydrogens (tertiary/aromatic N) is 3. The Morgan fingerprint density at radius 3 is 2.78 bits per heavy atom. The lowest BCUT2D eigenvalue weighted by Gasteiger charge is -2.07. The van der Waals surface area contributed by atoms with Crippen LogP contribution in [0, 0.1) is 6.92 Å². The Labute approximate surface area is 115 Å². The van der Waals surface area contributed by atoms with E-state index in [1.54, 1.807) is 6.20 Å². The summed E-state index contributed by atoms with van der Waals surface area (Å²) in [6.07, 6.45) is 3.44. The highest BCUT2D eigenvalue weighted by molar-refractivity contribution is 9.10. The molecular formula is C13H17BrN4. The third kappa shape index (κ3) is 2.41. The summed E-state index contributed by atoms with van der Waals surface area (Å²) in [7, 11) is 1.96. The van der Waals surface area contributed by atoms with Gasteiger partial charge in [0.25, 0.3) is 0 Å². The van der Waals surface area contributed by atoms with E-state index in [0.717, 1.165) is 39.8 Å². The number of halogens is 1. The second-order valence-corrected chi connectivity index (χ2v) is 5.21. The van der Waals surface area contributed by atoms with E-state index in [4.69, 9.17) is 5.73 Å². The van der Waals surface area contributed by atoms with Crippen LogP contribution in [0.2, 0.25) is 0 Å². The third-order valence-corrected chi connectivity index (χ3v) is 3.91. The molecule has 0 radical (unpaired) electrons. The van der Waals surface area contributed by atoms with E-state index >= 15 is 0 Å². The number of nitrogens with two attached hydrogens (primary N) is 1. The van der Waals surface area contributed by atoms with Gasteiger partial charge < -0.3 is 5.73 Å². The Morgan fingerprint density at radius 1 is 1.44 bits per heavy atom. The molecule has 5 heteroatoms. The van der Waals surface area contributed by atoms with Gasteiger partial charge in [-0.1, -0.05) is 13.0 Å². The average Bonchev–Trinajstić information content (AvgIpc) is 2.61. The Morgan fingerprint density at radius 2 is 2.17 bits per heavy atom. The van der Waals surface area contributed by atoms with Gasteiger partial charge >= 0.3 is 0 Å². The molecule has 0 amide bonds. The molecule has 2 aromatic heterocycles. The summed E-state index contributed by atoms with van der Waals surface area (Å²) in [5, 5.41) is 4.49. The number of anilines is 1. The molecular weight excluding hydrogens is 292 g/mol. The molecule has 2 aromatic rings. The first-order valence-electron chi connectivity index (χ1n) is 5.94. The summed E-state index contributed by atoms with van der Waals surface area (Å²) in [6.45, 7) is 4.12. The van der Waals surface area contributed by atoms with Crippen molar-refractivity contribution in [3.63, 3.8) is 0 Å². The van der Waals surface area contributed by atoms with Gasteiger partial charge in [-0.25, -0.2) is 4.98 Å². The number of hydrogen-bond acceptors (Lipinski definition) is 3. The zero-order valence-corrected chi connectivity index (χ0v) is 12.5. The molecule has 4 nitrogen and oxygen atoms in total. The summed E-state index contributed by atoms with van der Waals surface area (Å²) in [6, 6.07) is 2.08. The molecule has 0 aromatic carbocycles. The van der Waals surface area contributed by atoms with Gasteiger partial charge in [-0.15, -0.1) is 0 Å². The molecule has 0 fully saturated rings. The molecule has 18 heavy (non-hydrogen) atoms. The maximum Gasteiger partial charge on any atom is 0.126 e. The van der Waals surface area contributed by atoms with Gasteiger partial charge in [0.05, 0.1) is 15.9 Å². The highest BCUT2D eigenvalue weighted by atomic mass is 79.9. The maximum absolute atomic E-state index is 5.92. The highest BCUT2D eigenvalue weighted by Gasteiger charge is 2.14. The monoisotopic (exact) mass is 308 g/mol. The van der Waals surface area contributed by atoms with Crippen molar-refractivity contribution in [1.29, 1.82) is 0 Å². The first-order valence-corrected chi connectivity index (χ1v) is 6.73. The van der Waals surface area contributed by atoms with Gasteiger partial charge in [-0.05, 0) is 34.8 Å². The molecule has 2 N–H and O–H groups in total. The molecule has 0 aliphatic carbocycles. The zero-order valence-electron chi connectivity index (χ0n) is 10.9. The molecule has 0 atom stereocenters. The lowest BCUT2D eigenvalue weighted by molar-refractivity contribution is 0.709. The zero-order chi connectivity index (χ0) is 13.3. The number of nitrogen functional groups attached to an aromatic ring is 1. The molecule has 0 saturated heterocycles. The van der Waals surface area contributed by atoms with E-state index in [1.807, 2.05) is 18.7 Å². The molecule has 96 valence electrons. The van der Waals surface area contributed by atoms with Crippen LogP contribution in [-0.4, -0.2) is 14.8 Å². The van der Waals surface area contributed by atoms with Crippen LogP contribution in [0.15, 0.2) is 16.7 Å². The number of hydrogen-bond donors (Lipinski definition) is 1. The SMILES string of the molecule is CCc1nn(C)c(Cc2cc(C)cnc2N)c1Br. The van der Waals surface area contributed by atoms with Crippen molar-refractivity contribution in [2.75, 3.05) is 5.73 Å². The first-order chi connectivity index (χ1) is 8.52. The standard InChI is InChI=1S/C13H17BrN4/c1-4-10-12(14)11(18(3)17-10)6-9-5-8(2)7-16-13(9)15/h5,7H,4,6H2,1-3H3,(H2,15,16). The summed E-state index contributed by atoms with van der Waals surface area (Å²) in [5.41, 5.74) is 10.3. The van der Waals surface area contributed by atoms with Crippen LogP contribution in [0.4, 0.5) is 5.82 Å². The summed E-state index contributed by atoms with van der Waals surface area (Å²) < 4.78 is 2.98. The average molecular weight is 309 g/mol. The Bertz CT molecular complexity index is 575. The van der Waals surface area contributed by atoms with Crippen molar-refractivity contribution >= 4 is 21.7 Å². The lowest BCUT2D eigenvalue weighted by atomic mass is 10.1. The third-order valence-electron chi connectivity index (χ3n) is 3.00. The van der Waals surface area contributed by atoms with Crippen LogP contribution in [0.1, 0.15) is 29.4 Å². The molecule has 0 aliphatic heterocycles. The Balaban J connectivity index is 2.39. The number of pyridine rings is 1. The Hall–Kier alpha value is -1.36. The van der Waals surface area contributed by atoms with Crippen LogP contribution in [0.3, 0.4) is 0 Å².